The zero-order chi connectivity index (χ0) is 12.3. The summed E-state index contributed by atoms with van der Waals surface area (Å²) in [6.07, 6.45) is 2.09. The molecular weight excluding hydrogens is 212 g/mol. The van der Waals surface area contributed by atoms with Gasteiger partial charge in [-0.05, 0) is 13.0 Å². The fourth-order valence-corrected chi connectivity index (χ4v) is 1.45. The molecule has 1 aliphatic rings. The summed E-state index contributed by atoms with van der Waals surface area (Å²) in [5.74, 6) is -2.29. The predicted octanol–water partition coefficient (Wildman–Crippen LogP) is -0.243. The van der Waals surface area contributed by atoms with Gasteiger partial charge in [0, 0.05) is 13.0 Å². The van der Waals surface area contributed by atoms with Crippen LogP contribution >= 0.6 is 0 Å². The monoisotopic (exact) mass is 222 g/mol. The van der Waals surface area contributed by atoms with Gasteiger partial charge in [0.25, 0.3) is 11.4 Å². The van der Waals surface area contributed by atoms with E-state index in [0.29, 0.717) is 4.90 Å². The highest BCUT2D eigenvalue weighted by Gasteiger charge is 2.51. The van der Waals surface area contributed by atoms with Crippen LogP contribution < -0.4 is 0 Å². The molecule has 0 saturated heterocycles. The Bertz CT molecular complexity index is 421. The number of ether oxygens (including phenoxy) is 1. The first kappa shape index (κ1) is 11.9. The lowest BCUT2D eigenvalue weighted by molar-refractivity contribution is -0.159. The van der Waals surface area contributed by atoms with Crippen molar-refractivity contribution in [2.45, 2.75) is 19.4 Å². The normalized spacial score (nSPS) is 23.1. The van der Waals surface area contributed by atoms with Crippen molar-refractivity contribution in [3.63, 3.8) is 0 Å². The Morgan fingerprint density at radius 3 is 2.69 bits per heavy atom. The van der Waals surface area contributed by atoms with Crippen LogP contribution in [-0.4, -0.2) is 34.8 Å². The second-order valence-corrected chi connectivity index (χ2v) is 3.12. The summed E-state index contributed by atoms with van der Waals surface area (Å²) < 4.78 is 4.69. The van der Waals surface area contributed by atoms with Crippen molar-refractivity contribution < 1.29 is 19.1 Å². The van der Waals surface area contributed by atoms with Gasteiger partial charge in [-0.2, -0.15) is 5.26 Å². The molecule has 0 aliphatic carbocycles. The summed E-state index contributed by atoms with van der Waals surface area (Å²) in [5, 5.41) is 9.00. The maximum Gasteiger partial charge on any atom is 0.351 e. The molecular formula is C10H10N2O4. The van der Waals surface area contributed by atoms with Crippen LogP contribution in [0.15, 0.2) is 12.2 Å². The number of hydrogen-bond acceptors (Lipinski definition) is 5. The standard InChI is InChI=1S/C10H10N2O4/c1-3-16-9(15)10(6-11)5-4-8(14)12(10)7(2)13/h4-5H,3H2,1-2H3. The van der Waals surface area contributed by atoms with Crippen molar-refractivity contribution in [1.82, 2.24) is 4.90 Å². The van der Waals surface area contributed by atoms with E-state index in [-0.39, 0.29) is 6.61 Å². The van der Waals surface area contributed by atoms with Crippen molar-refractivity contribution in [1.29, 1.82) is 5.26 Å². The first-order valence-corrected chi connectivity index (χ1v) is 4.62. The van der Waals surface area contributed by atoms with Crippen molar-refractivity contribution >= 4 is 17.8 Å². The SMILES string of the molecule is CCOC(=O)C1(C#N)C=CC(=O)N1C(C)=O. The maximum absolute atomic E-state index is 11.6. The molecule has 0 spiro atoms. The molecule has 0 aromatic rings. The van der Waals surface area contributed by atoms with E-state index in [1.165, 1.54) is 0 Å². The summed E-state index contributed by atoms with van der Waals surface area (Å²) >= 11 is 0. The van der Waals surface area contributed by atoms with E-state index in [2.05, 4.69) is 4.74 Å². The van der Waals surface area contributed by atoms with Crippen LogP contribution in [-0.2, 0) is 19.1 Å². The number of imide groups is 1. The molecule has 1 atom stereocenters. The number of carbonyl (C=O) groups excluding carboxylic acids is 3. The average molecular weight is 222 g/mol. The molecule has 1 unspecified atom stereocenters. The first-order valence-electron chi connectivity index (χ1n) is 4.62. The van der Waals surface area contributed by atoms with E-state index < -0.39 is 23.3 Å². The smallest absolute Gasteiger partial charge is 0.351 e. The fourth-order valence-electron chi connectivity index (χ4n) is 1.45. The molecule has 1 heterocycles. The number of amides is 2. The van der Waals surface area contributed by atoms with E-state index in [0.717, 1.165) is 19.1 Å². The number of nitrogens with zero attached hydrogens (tertiary/aromatic N) is 2. The van der Waals surface area contributed by atoms with E-state index in [4.69, 9.17) is 5.26 Å². The van der Waals surface area contributed by atoms with E-state index in [1.54, 1.807) is 13.0 Å². The summed E-state index contributed by atoms with van der Waals surface area (Å²) in [6, 6.07) is 1.65. The minimum atomic E-state index is -1.95. The predicted molar refractivity (Wildman–Crippen MR) is 51.6 cm³/mol. The van der Waals surface area contributed by atoms with E-state index in [1.807, 2.05) is 0 Å². The lowest BCUT2D eigenvalue weighted by atomic mass is 10.0. The third kappa shape index (κ3) is 1.56. The van der Waals surface area contributed by atoms with Gasteiger partial charge in [0.05, 0.1) is 6.61 Å². The third-order valence-corrected chi connectivity index (χ3v) is 2.11. The minimum Gasteiger partial charge on any atom is -0.463 e. The summed E-state index contributed by atoms with van der Waals surface area (Å²) in [4.78, 5) is 34.8. The largest absolute Gasteiger partial charge is 0.463 e. The molecule has 0 saturated carbocycles. The van der Waals surface area contributed by atoms with Gasteiger partial charge in [-0.15, -0.1) is 0 Å². The van der Waals surface area contributed by atoms with Gasteiger partial charge in [-0.1, -0.05) is 0 Å². The molecule has 1 rings (SSSR count). The van der Waals surface area contributed by atoms with E-state index >= 15 is 0 Å². The molecule has 0 aromatic carbocycles. The van der Waals surface area contributed by atoms with Crippen molar-refractivity contribution in [2.24, 2.45) is 0 Å². The molecule has 0 bridgehead atoms. The maximum atomic E-state index is 11.6. The van der Waals surface area contributed by atoms with Crippen molar-refractivity contribution in [2.75, 3.05) is 6.61 Å². The number of rotatable bonds is 2. The Labute approximate surface area is 92.1 Å². The van der Waals surface area contributed by atoms with Gasteiger partial charge in [0.1, 0.15) is 6.07 Å². The van der Waals surface area contributed by atoms with Crippen LogP contribution in [0.5, 0.6) is 0 Å². The molecule has 84 valence electrons. The van der Waals surface area contributed by atoms with E-state index in [9.17, 15) is 14.4 Å². The molecule has 6 heteroatoms. The van der Waals surface area contributed by atoms with Crippen molar-refractivity contribution in [3.8, 4) is 6.07 Å². The highest BCUT2D eigenvalue weighted by atomic mass is 16.5. The van der Waals surface area contributed by atoms with Crippen LogP contribution in [0, 0.1) is 11.3 Å². The van der Waals surface area contributed by atoms with Gasteiger partial charge in [0.15, 0.2) is 0 Å². The Morgan fingerprint density at radius 2 is 2.25 bits per heavy atom. The molecule has 2 amide bonds. The number of esters is 1. The minimum absolute atomic E-state index is 0.0655. The third-order valence-electron chi connectivity index (χ3n) is 2.11. The quantitative estimate of drug-likeness (QED) is 0.601. The topological polar surface area (TPSA) is 87.5 Å². The molecule has 0 fully saturated rings. The first-order chi connectivity index (χ1) is 7.49. The molecule has 6 nitrogen and oxygen atoms in total. The van der Waals surface area contributed by atoms with Crippen LogP contribution in [0.25, 0.3) is 0 Å². The van der Waals surface area contributed by atoms with Crippen LogP contribution in [0.4, 0.5) is 0 Å². The molecule has 0 N–H and O–H groups in total. The van der Waals surface area contributed by atoms with Gasteiger partial charge in [-0.3, -0.25) is 9.59 Å². The van der Waals surface area contributed by atoms with Gasteiger partial charge in [-0.25, -0.2) is 9.69 Å². The fraction of sp³-hybridized carbons (Fsp3) is 0.400. The van der Waals surface area contributed by atoms with Crippen LogP contribution in [0.2, 0.25) is 0 Å². The van der Waals surface area contributed by atoms with Gasteiger partial charge >= 0.3 is 5.97 Å². The summed E-state index contributed by atoms with van der Waals surface area (Å²) in [5.41, 5.74) is -1.95. The molecule has 16 heavy (non-hydrogen) atoms. The average Bonchev–Trinajstić information content (AvgIpc) is 2.57. The van der Waals surface area contributed by atoms with Crippen LogP contribution in [0.1, 0.15) is 13.8 Å². The molecule has 0 aromatic heterocycles. The lowest BCUT2D eigenvalue weighted by Gasteiger charge is -2.26. The Morgan fingerprint density at radius 1 is 1.62 bits per heavy atom. The van der Waals surface area contributed by atoms with Gasteiger partial charge in [0.2, 0.25) is 5.91 Å². The second kappa shape index (κ2) is 4.14. The second-order valence-electron chi connectivity index (χ2n) is 3.12. The lowest BCUT2D eigenvalue weighted by Crippen LogP contribution is -2.54. The highest BCUT2D eigenvalue weighted by Crippen LogP contribution is 2.25. The summed E-state index contributed by atoms with van der Waals surface area (Å²) in [7, 11) is 0. The summed E-state index contributed by atoms with van der Waals surface area (Å²) in [6.45, 7) is 2.74. The number of carbonyl (C=O) groups is 3. The van der Waals surface area contributed by atoms with Crippen molar-refractivity contribution in [3.05, 3.63) is 12.2 Å². The number of nitriles is 1. The zero-order valence-corrected chi connectivity index (χ0v) is 8.89. The molecule has 1 aliphatic heterocycles. The number of hydrogen-bond donors (Lipinski definition) is 0. The highest BCUT2D eigenvalue weighted by molar-refractivity contribution is 6.10. The van der Waals surface area contributed by atoms with Crippen LogP contribution in [0.3, 0.4) is 0 Å². The zero-order valence-electron chi connectivity index (χ0n) is 8.89. The Balaban J connectivity index is 3.19. The molecule has 0 radical (unpaired) electrons. The Hall–Kier alpha value is -2.16. The van der Waals surface area contributed by atoms with Gasteiger partial charge < -0.3 is 4.74 Å². The Kier molecular flexibility index (Phi) is 3.09.